The first-order valence-electron chi connectivity index (χ1n) is 8.97. The molecule has 1 N–H and O–H groups in total. The second-order valence-electron chi connectivity index (χ2n) is 7.19. The Morgan fingerprint density at radius 1 is 0.958 bits per heavy atom. The lowest BCUT2D eigenvalue weighted by atomic mass is 10.1. The molecule has 0 aliphatic carbocycles. The fourth-order valence-corrected chi connectivity index (χ4v) is 1.78. The lowest BCUT2D eigenvalue weighted by Crippen LogP contribution is -3.00. The van der Waals surface area contributed by atoms with Gasteiger partial charge in [0.1, 0.15) is 6.54 Å². The molecule has 0 aliphatic heterocycles. The lowest BCUT2D eigenvalue weighted by molar-refractivity contribution is -0.870. The largest absolute Gasteiger partial charge is 1.00 e. The summed E-state index contributed by atoms with van der Waals surface area (Å²) in [6.45, 7) is 9.84. The molecule has 0 aromatic heterocycles. The second kappa shape index (κ2) is 18.8. The Hall–Kier alpha value is -0.580. The van der Waals surface area contributed by atoms with Gasteiger partial charge in [-0.1, -0.05) is 58.4 Å². The summed E-state index contributed by atoms with van der Waals surface area (Å²) in [4.78, 5) is 9.60. The summed E-state index contributed by atoms with van der Waals surface area (Å²) in [7, 11) is 6.62. The molecule has 0 aliphatic rings. The molecular weight excluding hydrogens is 326 g/mol. The molecule has 0 aromatic carbocycles. The topological polar surface area (TPSA) is 46.5 Å². The van der Waals surface area contributed by atoms with E-state index in [-0.39, 0.29) is 18.0 Å². The predicted molar refractivity (Wildman–Crippen MR) is 98.8 cm³/mol. The normalized spacial score (nSPS) is 10.4. The molecule has 0 fully saturated rings. The number of hydrogen-bond acceptors (Lipinski definition) is 2. The minimum Gasteiger partial charge on any atom is -1.00 e. The minimum absolute atomic E-state index is 0. The lowest BCUT2D eigenvalue weighted by Gasteiger charge is -2.23. The van der Waals surface area contributed by atoms with Crippen LogP contribution in [0.2, 0.25) is 0 Å². The third-order valence-corrected chi connectivity index (χ3v) is 3.41. The van der Waals surface area contributed by atoms with Crippen LogP contribution >= 0.6 is 0 Å². The van der Waals surface area contributed by atoms with Crippen molar-refractivity contribution in [2.24, 2.45) is 0 Å². The van der Waals surface area contributed by atoms with E-state index in [0.717, 1.165) is 24.2 Å². The third-order valence-electron chi connectivity index (χ3n) is 3.41. The van der Waals surface area contributed by atoms with E-state index in [1.165, 1.54) is 58.3 Å². The van der Waals surface area contributed by atoms with Crippen molar-refractivity contribution in [3.05, 3.63) is 12.2 Å². The highest BCUT2D eigenvalue weighted by Gasteiger charge is 2.05. The number of nitrogens with zero attached hydrogens (tertiary/aromatic N) is 1. The van der Waals surface area contributed by atoms with Crippen molar-refractivity contribution in [3.8, 4) is 0 Å². The zero-order chi connectivity index (χ0) is 18.1. The van der Waals surface area contributed by atoms with Gasteiger partial charge in [-0.05, 0) is 13.3 Å². The van der Waals surface area contributed by atoms with Gasteiger partial charge in [-0.25, -0.2) is 4.79 Å². The number of halogens is 1. The Kier molecular flexibility index (Phi) is 22.1. The second-order valence-corrected chi connectivity index (χ2v) is 7.19. The zero-order valence-electron chi connectivity index (χ0n) is 16.6. The summed E-state index contributed by atoms with van der Waals surface area (Å²) in [6, 6.07) is 0. The Balaban J connectivity index is -0.000000538. The molecule has 0 unspecified atom stereocenters. The van der Waals surface area contributed by atoms with E-state index in [1.807, 2.05) is 0 Å². The molecular formula is C19H40ClNO3. The Labute approximate surface area is 156 Å². The van der Waals surface area contributed by atoms with Crippen LogP contribution in [0.1, 0.15) is 65.2 Å². The van der Waals surface area contributed by atoms with Crippen molar-refractivity contribution in [2.75, 3.05) is 40.9 Å². The maximum Gasteiger partial charge on any atom is 0.330 e. The number of carboxylic acid groups (broad SMARTS) is 1. The number of rotatable bonds is 13. The Bertz CT molecular complexity index is 289. The zero-order valence-corrected chi connectivity index (χ0v) is 17.3. The van der Waals surface area contributed by atoms with Crippen LogP contribution in [0, 0.1) is 0 Å². The van der Waals surface area contributed by atoms with Gasteiger partial charge in [0.05, 0.1) is 27.7 Å². The van der Waals surface area contributed by atoms with Crippen molar-refractivity contribution in [1.29, 1.82) is 0 Å². The summed E-state index contributed by atoms with van der Waals surface area (Å²) in [5.41, 5.74) is 0.176. The maximum atomic E-state index is 9.60. The number of ether oxygens (including phenoxy) is 1. The minimum atomic E-state index is -0.935. The number of aliphatic carboxylic acids is 1. The molecule has 24 heavy (non-hydrogen) atoms. The van der Waals surface area contributed by atoms with Crippen LogP contribution in [0.25, 0.3) is 0 Å². The quantitative estimate of drug-likeness (QED) is 0.305. The molecule has 0 heterocycles. The van der Waals surface area contributed by atoms with Gasteiger partial charge in [-0.2, -0.15) is 0 Å². The number of carboxylic acids is 1. The standard InChI is InChI=1S/C15H34NO.C4H6O2.ClH/c1-5-6-7-8-9-10-11-12-14-17-15-13-16(2,3)4;1-3(2)4(5)6;/h5-15H2,1-4H3;1H2,2H3,(H,5,6);1H/q+1;;/p-1. The molecule has 0 atom stereocenters. The average molecular weight is 366 g/mol. The highest BCUT2D eigenvalue weighted by atomic mass is 35.5. The predicted octanol–water partition coefficient (Wildman–Crippen LogP) is 1.50. The summed E-state index contributed by atoms with van der Waals surface area (Å²) >= 11 is 0. The van der Waals surface area contributed by atoms with E-state index >= 15 is 0 Å². The Morgan fingerprint density at radius 3 is 1.75 bits per heavy atom. The van der Waals surface area contributed by atoms with Crippen LogP contribution in [0.5, 0.6) is 0 Å². The van der Waals surface area contributed by atoms with Gasteiger partial charge < -0.3 is 26.7 Å². The molecule has 0 spiro atoms. The molecule has 4 nitrogen and oxygen atoms in total. The van der Waals surface area contributed by atoms with Crippen LogP contribution < -0.4 is 12.4 Å². The molecule has 0 saturated heterocycles. The van der Waals surface area contributed by atoms with Crippen LogP contribution in [0.3, 0.4) is 0 Å². The first-order chi connectivity index (χ1) is 10.7. The number of hydrogen-bond donors (Lipinski definition) is 1. The first kappa shape index (κ1) is 28.2. The summed E-state index contributed by atoms with van der Waals surface area (Å²) in [5, 5.41) is 7.89. The van der Waals surface area contributed by atoms with Crippen molar-refractivity contribution in [3.63, 3.8) is 0 Å². The van der Waals surface area contributed by atoms with E-state index in [2.05, 4.69) is 34.6 Å². The Morgan fingerprint density at radius 2 is 1.38 bits per heavy atom. The molecule has 0 amide bonds. The van der Waals surface area contributed by atoms with E-state index in [4.69, 9.17) is 9.84 Å². The van der Waals surface area contributed by atoms with Crippen molar-refractivity contribution in [2.45, 2.75) is 65.2 Å². The number of unbranched alkanes of at least 4 members (excludes halogenated alkanes) is 7. The molecule has 0 saturated carbocycles. The third kappa shape index (κ3) is 29.4. The number of carbonyl (C=O) groups is 1. The van der Waals surface area contributed by atoms with E-state index in [1.54, 1.807) is 0 Å². The summed E-state index contributed by atoms with van der Waals surface area (Å²) < 4.78 is 6.64. The van der Waals surface area contributed by atoms with Crippen molar-refractivity contribution in [1.82, 2.24) is 0 Å². The molecule has 0 bridgehead atoms. The maximum absolute atomic E-state index is 9.60. The van der Waals surface area contributed by atoms with Crippen molar-refractivity contribution < 1.29 is 31.5 Å². The van der Waals surface area contributed by atoms with Gasteiger partial charge in [0.25, 0.3) is 0 Å². The summed E-state index contributed by atoms with van der Waals surface area (Å²) in [6.07, 6.45) is 11.0. The molecule has 0 radical (unpaired) electrons. The highest BCUT2D eigenvalue weighted by Crippen LogP contribution is 2.08. The SMILES string of the molecule is C=C(C)C(=O)O.CCCCCCCCCCOCC[N+](C)(C)C.[Cl-]. The first-order valence-corrected chi connectivity index (χ1v) is 8.97. The fraction of sp³-hybridized carbons (Fsp3) is 0.842. The van der Waals surface area contributed by atoms with Crippen LogP contribution in [-0.4, -0.2) is 56.5 Å². The monoisotopic (exact) mass is 365 g/mol. The van der Waals surface area contributed by atoms with E-state index in [0.29, 0.717) is 0 Å². The number of quaternary nitrogens is 1. The van der Waals surface area contributed by atoms with Gasteiger partial charge in [-0.15, -0.1) is 0 Å². The average Bonchev–Trinajstić information content (AvgIpc) is 2.44. The van der Waals surface area contributed by atoms with Gasteiger partial charge >= 0.3 is 5.97 Å². The van der Waals surface area contributed by atoms with Gasteiger partial charge in [0.15, 0.2) is 0 Å². The van der Waals surface area contributed by atoms with Crippen LogP contribution in [0.4, 0.5) is 0 Å². The van der Waals surface area contributed by atoms with Gasteiger partial charge in [-0.3, -0.25) is 0 Å². The van der Waals surface area contributed by atoms with Gasteiger partial charge in [0.2, 0.25) is 0 Å². The van der Waals surface area contributed by atoms with Crippen molar-refractivity contribution >= 4 is 5.97 Å². The fourth-order valence-electron chi connectivity index (χ4n) is 1.78. The van der Waals surface area contributed by atoms with Crippen LogP contribution in [-0.2, 0) is 9.53 Å². The molecule has 5 heteroatoms. The highest BCUT2D eigenvalue weighted by molar-refractivity contribution is 5.84. The molecule has 0 rings (SSSR count). The van der Waals surface area contributed by atoms with Gasteiger partial charge in [0, 0.05) is 12.2 Å². The molecule has 0 aromatic rings. The molecule has 146 valence electrons. The number of likely N-dealkylation sites (N-methyl/N-ethyl adjacent to an activating group) is 1. The van der Waals surface area contributed by atoms with Crippen LogP contribution in [0.15, 0.2) is 12.2 Å². The smallest absolute Gasteiger partial charge is 0.330 e. The van der Waals surface area contributed by atoms with E-state index in [9.17, 15) is 4.79 Å². The van der Waals surface area contributed by atoms with E-state index < -0.39 is 5.97 Å². The summed E-state index contributed by atoms with van der Waals surface area (Å²) in [5.74, 6) is -0.935.